The summed E-state index contributed by atoms with van der Waals surface area (Å²) in [6.07, 6.45) is 22.3. The van der Waals surface area contributed by atoms with Gasteiger partial charge in [0, 0.05) is 16.7 Å². The number of aliphatic carboxylic acids is 1. The Morgan fingerprint density at radius 3 is 1.60 bits per heavy atom. The van der Waals surface area contributed by atoms with Crippen molar-refractivity contribution in [1.29, 1.82) is 0 Å². The Bertz CT molecular complexity index is 491. The monoisotopic (exact) mass is 421 g/mol. The maximum Gasteiger partial charge on any atom is 0.331 e. The lowest BCUT2D eigenvalue weighted by Crippen LogP contribution is -2.58. The fourth-order valence-corrected chi connectivity index (χ4v) is 5.39. The van der Waals surface area contributed by atoms with Crippen LogP contribution >= 0.6 is 0 Å². The van der Waals surface area contributed by atoms with Crippen molar-refractivity contribution in [2.24, 2.45) is 5.92 Å². The SMILES string of the molecule is CCCCCCCCCCCCCCCC=C(C(=O)O)C1CC(C)(C)NC(C)(C)C1. The second-order valence-corrected chi connectivity index (χ2v) is 11.0. The summed E-state index contributed by atoms with van der Waals surface area (Å²) in [7, 11) is 0. The lowest BCUT2D eigenvalue weighted by atomic mass is 9.72. The number of carbonyl (C=O) groups is 1. The number of allylic oxidation sites excluding steroid dienone is 1. The average molecular weight is 422 g/mol. The smallest absolute Gasteiger partial charge is 0.331 e. The molecule has 1 fully saturated rings. The van der Waals surface area contributed by atoms with Crippen LogP contribution in [0.3, 0.4) is 0 Å². The van der Waals surface area contributed by atoms with Crippen LogP contribution in [0.1, 0.15) is 137 Å². The molecule has 0 atom stereocenters. The Morgan fingerprint density at radius 2 is 1.20 bits per heavy atom. The van der Waals surface area contributed by atoms with Gasteiger partial charge in [-0.15, -0.1) is 0 Å². The van der Waals surface area contributed by atoms with Gasteiger partial charge in [0.2, 0.25) is 0 Å². The van der Waals surface area contributed by atoms with Crippen molar-refractivity contribution < 1.29 is 9.90 Å². The maximum absolute atomic E-state index is 11.9. The fraction of sp³-hybridized carbons (Fsp3) is 0.889. The van der Waals surface area contributed by atoms with Crippen LogP contribution in [0.4, 0.5) is 0 Å². The summed E-state index contributed by atoms with van der Waals surface area (Å²) < 4.78 is 0. The minimum Gasteiger partial charge on any atom is -0.478 e. The van der Waals surface area contributed by atoms with Crippen molar-refractivity contribution in [3.8, 4) is 0 Å². The van der Waals surface area contributed by atoms with E-state index >= 15 is 0 Å². The van der Waals surface area contributed by atoms with Crippen molar-refractivity contribution in [3.05, 3.63) is 11.6 Å². The predicted octanol–water partition coefficient (Wildman–Crippen LogP) is 8.04. The fourth-order valence-electron chi connectivity index (χ4n) is 5.39. The van der Waals surface area contributed by atoms with E-state index in [0.29, 0.717) is 5.57 Å². The van der Waals surface area contributed by atoms with Crippen LogP contribution in [-0.2, 0) is 4.79 Å². The van der Waals surface area contributed by atoms with Gasteiger partial charge in [-0.1, -0.05) is 90.0 Å². The topological polar surface area (TPSA) is 49.3 Å². The van der Waals surface area contributed by atoms with Gasteiger partial charge >= 0.3 is 5.97 Å². The number of rotatable bonds is 16. The van der Waals surface area contributed by atoms with Gasteiger partial charge in [-0.3, -0.25) is 0 Å². The molecule has 1 aliphatic rings. The zero-order chi connectivity index (χ0) is 22.5. The third-order valence-electron chi connectivity index (χ3n) is 6.55. The van der Waals surface area contributed by atoms with Crippen molar-refractivity contribution in [2.75, 3.05) is 0 Å². The van der Waals surface area contributed by atoms with E-state index in [9.17, 15) is 9.90 Å². The van der Waals surface area contributed by atoms with Crippen LogP contribution in [0.2, 0.25) is 0 Å². The van der Waals surface area contributed by atoms with Crippen LogP contribution in [0.15, 0.2) is 11.6 Å². The minimum absolute atomic E-state index is 0.0174. The summed E-state index contributed by atoms with van der Waals surface area (Å²) in [6, 6.07) is 0. The average Bonchev–Trinajstić information content (AvgIpc) is 2.62. The Morgan fingerprint density at radius 1 is 0.800 bits per heavy atom. The molecule has 176 valence electrons. The molecule has 0 bridgehead atoms. The summed E-state index contributed by atoms with van der Waals surface area (Å²) in [5.74, 6) is -0.570. The van der Waals surface area contributed by atoms with Gasteiger partial charge in [-0.25, -0.2) is 4.79 Å². The summed E-state index contributed by atoms with van der Waals surface area (Å²) in [5.41, 5.74) is 0.615. The van der Waals surface area contributed by atoms with Crippen molar-refractivity contribution in [3.63, 3.8) is 0 Å². The number of hydrogen-bond acceptors (Lipinski definition) is 2. The van der Waals surface area contributed by atoms with Crippen molar-refractivity contribution in [2.45, 2.75) is 148 Å². The number of nitrogens with one attached hydrogen (secondary N) is 1. The van der Waals surface area contributed by atoms with Gasteiger partial charge < -0.3 is 10.4 Å². The highest BCUT2D eigenvalue weighted by Crippen LogP contribution is 2.37. The van der Waals surface area contributed by atoms with Gasteiger partial charge in [-0.2, -0.15) is 0 Å². The summed E-state index contributed by atoms with van der Waals surface area (Å²) in [5, 5.41) is 13.4. The molecule has 0 saturated carbocycles. The molecular weight excluding hydrogens is 370 g/mol. The van der Waals surface area contributed by atoms with Crippen molar-refractivity contribution >= 4 is 5.97 Å². The Kier molecular flexibility index (Phi) is 12.9. The predicted molar refractivity (Wildman–Crippen MR) is 130 cm³/mol. The Balaban J connectivity index is 2.18. The van der Waals surface area contributed by atoms with E-state index in [1.165, 1.54) is 77.0 Å². The van der Waals surface area contributed by atoms with Crippen molar-refractivity contribution in [1.82, 2.24) is 5.32 Å². The molecule has 0 aliphatic carbocycles. The van der Waals surface area contributed by atoms with Crippen LogP contribution in [0, 0.1) is 5.92 Å². The molecule has 0 spiro atoms. The molecule has 0 aromatic rings. The third-order valence-corrected chi connectivity index (χ3v) is 6.55. The number of carboxylic acids is 1. The zero-order valence-corrected chi connectivity index (χ0v) is 20.8. The van der Waals surface area contributed by atoms with Crippen LogP contribution in [-0.4, -0.2) is 22.2 Å². The first-order valence-corrected chi connectivity index (χ1v) is 12.9. The molecule has 0 aromatic heterocycles. The lowest BCUT2D eigenvalue weighted by Gasteiger charge is -2.46. The van der Waals surface area contributed by atoms with Gasteiger partial charge in [-0.05, 0) is 59.3 Å². The lowest BCUT2D eigenvalue weighted by molar-refractivity contribution is -0.133. The van der Waals surface area contributed by atoms with E-state index in [2.05, 4.69) is 39.9 Å². The van der Waals surface area contributed by atoms with Crippen LogP contribution in [0.25, 0.3) is 0 Å². The second kappa shape index (κ2) is 14.3. The van der Waals surface area contributed by atoms with E-state index in [0.717, 1.165) is 25.7 Å². The van der Waals surface area contributed by atoms with E-state index < -0.39 is 5.97 Å². The summed E-state index contributed by atoms with van der Waals surface area (Å²) in [4.78, 5) is 11.9. The molecule has 2 N–H and O–H groups in total. The number of hydrogen-bond donors (Lipinski definition) is 2. The minimum atomic E-state index is -0.719. The molecule has 1 heterocycles. The van der Waals surface area contributed by atoms with E-state index in [4.69, 9.17) is 0 Å². The number of piperidine rings is 1. The summed E-state index contributed by atoms with van der Waals surface area (Å²) in [6.45, 7) is 11.0. The molecule has 1 saturated heterocycles. The molecule has 0 aromatic carbocycles. The first-order valence-electron chi connectivity index (χ1n) is 12.9. The standard InChI is InChI=1S/C27H51NO2/c1-6-7-8-9-10-11-12-13-14-15-16-17-18-19-20-24(25(29)30)23-21-26(2,3)28-27(4,5)22-23/h20,23,28H,6-19,21-22H2,1-5H3,(H,29,30). The van der Waals surface area contributed by atoms with E-state index in [1.54, 1.807) is 0 Å². The second-order valence-electron chi connectivity index (χ2n) is 11.0. The third kappa shape index (κ3) is 12.1. The number of unbranched alkanes of at least 4 members (excludes halogenated alkanes) is 13. The summed E-state index contributed by atoms with van der Waals surface area (Å²) >= 11 is 0. The van der Waals surface area contributed by atoms with Gasteiger partial charge in [0.25, 0.3) is 0 Å². The molecule has 3 heteroatoms. The van der Waals surface area contributed by atoms with Gasteiger partial charge in [0.05, 0.1) is 0 Å². The molecule has 1 rings (SSSR count). The van der Waals surface area contributed by atoms with E-state index in [-0.39, 0.29) is 17.0 Å². The largest absolute Gasteiger partial charge is 0.478 e. The van der Waals surface area contributed by atoms with Gasteiger partial charge in [0.15, 0.2) is 0 Å². The molecule has 1 aliphatic heterocycles. The Labute approximate surface area is 187 Å². The molecule has 30 heavy (non-hydrogen) atoms. The normalized spacial score (nSPS) is 19.2. The van der Waals surface area contributed by atoms with Crippen LogP contribution in [0.5, 0.6) is 0 Å². The zero-order valence-electron chi connectivity index (χ0n) is 20.8. The maximum atomic E-state index is 11.9. The van der Waals surface area contributed by atoms with Crippen LogP contribution < -0.4 is 5.32 Å². The number of carboxylic acid groups (broad SMARTS) is 1. The van der Waals surface area contributed by atoms with E-state index in [1.807, 2.05) is 6.08 Å². The first-order chi connectivity index (χ1) is 14.2. The molecule has 0 amide bonds. The Hall–Kier alpha value is -0.830. The highest BCUT2D eigenvalue weighted by atomic mass is 16.4. The van der Waals surface area contributed by atoms with Gasteiger partial charge in [0.1, 0.15) is 0 Å². The molecule has 0 radical (unpaired) electrons. The molecular formula is C27H51NO2. The molecule has 0 unspecified atom stereocenters. The highest BCUT2D eigenvalue weighted by Gasteiger charge is 2.40. The first kappa shape index (κ1) is 27.2. The quantitative estimate of drug-likeness (QED) is 0.196. The highest BCUT2D eigenvalue weighted by molar-refractivity contribution is 5.87. The molecule has 3 nitrogen and oxygen atoms in total.